The van der Waals surface area contributed by atoms with Crippen LogP contribution in [0.25, 0.3) is 0 Å². The molecule has 0 aromatic heterocycles. The third kappa shape index (κ3) is 3.50. The van der Waals surface area contributed by atoms with Crippen molar-refractivity contribution in [2.45, 2.75) is 11.8 Å². The number of aliphatic carboxylic acids is 1. The Hall–Kier alpha value is -1.21. The molecule has 0 fully saturated rings. The average Bonchev–Trinajstić information content (AvgIpc) is 2.75. The molecule has 4 nitrogen and oxygen atoms in total. The van der Waals surface area contributed by atoms with Gasteiger partial charge in [-0.2, -0.15) is 0 Å². The summed E-state index contributed by atoms with van der Waals surface area (Å²) in [5, 5.41) is 10.2. The Morgan fingerprint density at radius 2 is 1.16 bits per heavy atom. The van der Waals surface area contributed by atoms with E-state index >= 15 is 0 Å². The number of halogens is 3. The minimum atomic E-state index is -0.965. The highest BCUT2D eigenvalue weighted by atomic mass is 127. The van der Waals surface area contributed by atoms with Crippen LogP contribution in [0.1, 0.15) is 34.1 Å². The number of ether oxygens (including phenoxy) is 1. The molecule has 2 atom stereocenters. The van der Waals surface area contributed by atoms with Crippen LogP contribution in [0.2, 0.25) is 0 Å². The van der Waals surface area contributed by atoms with E-state index in [9.17, 15) is 14.7 Å². The van der Waals surface area contributed by atoms with Gasteiger partial charge in [0.25, 0.3) is 0 Å². The zero-order valence-corrected chi connectivity index (χ0v) is 22.4. The van der Waals surface area contributed by atoms with Crippen LogP contribution >= 0.6 is 67.8 Å². The van der Waals surface area contributed by atoms with Crippen molar-refractivity contribution in [1.29, 1.82) is 0 Å². The summed E-state index contributed by atoms with van der Waals surface area (Å²) >= 11 is 6.53. The van der Waals surface area contributed by atoms with E-state index in [0.29, 0.717) is 5.75 Å². The maximum absolute atomic E-state index is 13.6. The van der Waals surface area contributed by atoms with Gasteiger partial charge in [-0.3, -0.25) is 9.59 Å². The van der Waals surface area contributed by atoms with Crippen molar-refractivity contribution >= 4 is 79.7 Å². The fraction of sp³-hybridized carbons (Fsp3) is 0.167. The number of carbonyl (C=O) groups is 2. The van der Waals surface area contributed by atoms with Crippen LogP contribution in [-0.2, 0) is 9.59 Å². The standard InChI is InChI=1S/C24H15I3O4/c25-11-9-16(26)22(17(27)10-11)31-24(30)21-19-14-7-3-1-5-12(14)18(20(21)23(28)29)13-6-2-4-8-15(13)19/h1-10,18-21H,(H,28,29). The molecular weight excluding hydrogens is 733 g/mol. The van der Waals surface area contributed by atoms with Crippen molar-refractivity contribution in [3.8, 4) is 5.75 Å². The van der Waals surface area contributed by atoms with Crippen molar-refractivity contribution in [2.24, 2.45) is 11.8 Å². The summed E-state index contributed by atoms with van der Waals surface area (Å²) in [4.78, 5) is 26.1. The van der Waals surface area contributed by atoms with Crippen molar-refractivity contribution in [3.05, 3.63) is 93.6 Å². The van der Waals surface area contributed by atoms with Crippen molar-refractivity contribution in [3.63, 3.8) is 0 Å². The Kier molecular flexibility index (Phi) is 5.78. The van der Waals surface area contributed by atoms with Gasteiger partial charge in [0.15, 0.2) is 5.75 Å². The zero-order valence-electron chi connectivity index (χ0n) is 15.9. The van der Waals surface area contributed by atoms with E-state index in [-0.39, 0.29) is 11.8 Å². The first kappa shape index (κ1) is 21.6. The smallest absolute Gasteiger partial charge is 0.316 e. The molecule has 2 unspecified atom stereocenters. The van der Waals surface area contributed by atoms with Crippen molar-refractivity contribution < 1.29 is 19.4 Å². The highest BCUT2D eigenvalue weighted by Crippen LogP contribution is 2.58. The topological polar surface area (TPSA) is 63.6 Å². The third-order valence-electron chi connectivity index (χ3n) is 6.16. The number of benzene rings is 3. The van der Waals surface area contributed by atoms with Crippen LogP contribution in [0.3, 0.4) is 0 Å². The first-order valence-corrected chi connectivity index (χ1v) is 12.9. The van der Waals surface area contributed by atoms with Gasteiger partial charge in [-0.15, -0.1) is 0 Å². The van der Waals surface area contributed by atoms with Gasteiger partial charge in [0.1, 0.15) is 0 Å². The second-order valence-electron chi connectivity index (χ2n) is 7.72. The Morgan fingerprint density at radius 3 is 1.58 bits per heavy atom. The van der Waals surface area contributed by atoms with Gasteiger partial charge < -0.3 is 9.84 Å². The number of carbonyl (C=O) groups excluding carboxylic acids is 1. The first-order chi connectivity index (χ1) is 14.9. The van der Waals surface area contributed by atoms with Gasteiger partial charge in [-0.1, -0.05) is 48.5 Å². The molecule has 6 rings (SSSR count). The molecule has 3 aliphatic carbocycles. The highest BCUT2D eigenvalue weighted by molar-refractivity contribution is 14.1. The van der Waals surface area contributed by atoms with Gasteiger partial charge >= 0.3 is 11.9 Å². The quantitative estimate of drug-likeness (QED) is 0.203. The van der Waals surface area contributed by atoms with E-state index in [0.717, 1.165) is 33.0 Å². The molecule has 156 valence electrons. The predicted octanol–water partition coefficient (Wildman–Crippen LogP) is 6.01. The average molecular weight is 748 g/mol. The van der Waals surface area contributed by atoms with Gasteiger partial charge in [0, 0.05) is 15.4 Å². The summed E-state index contributed by atoms with van der Waals surface area (Å²) in [5.41, 5.74) is 4.05. The molecule has 0 radical (unpaired) electrons. The Labute approximate surface area is 220 Å². The van der Waals surface area contributed by atoms with Crippen LogP contribution in [0, 0.1) is 22.5 Å². The molecule has 2 bridgehead atoms. The minimum Gasteiger partial charge on any atom is -0.481 e. The largest absolute Gasteiger partial charge is 0.481 e. The van der Waals surface area contributed by atoms with Crippen molar-refractivity contribution in [2.75, 3.05) is 0 Å². The van der Waals surface area contributed by atoms with E-state index < -0.39 is 23.8 Å². The molecule has 7 heteroatoms. The lowest BCUT2D eigenvalue weighted by atomic mass is 9.54. The van der Waals surface area contributed by atoms with Gasteiger partial charge in [-0.25, -0.2) is 0 Å². The van der Waals surface area contributed by atoms with Crippen LogP contribution in [0.15, 0.2) is 60.7 Å². The lowest BCUT2D eigenvalue weighted by molar-refractivity contribution is -0.154. The van der Waals surface area contributed by atoms with E-state index in [1.807, 2.05) is 60.7 Å². The fourth-order valence-electron chi connectivity index (χ4n) is 5.05. The van der Waals surface area contributed by atoms with Gasteiger partial charge in [-0.05, 0) is 102 Å². The SMILES string of the molecule is O=C(O)C1C2c3ccccc3C(c3ccccc32)C1C(=O)Oc1c(I)cc(I)cc1I. The molecule has 31 heavy (non-hydrogen) atoms. The number of carboxylic acids is 1. The normalized spacial score (nSPS) is 23.1. The molecule has 0 amide bonds. The number of rotatable bonds is 3. The van der Waals surface area contributed by atoms with Gasteiger partial charge in [0.2, 0.25) is 0 Å². The number of fused-ring (bicyclic) bond motifs is 1. The molecule has 0 heterocycles. The molecule has 3 aliphatic rings. The second kappa shape index (κ2) is 8.29. The molecule has 1 N–H and O–H groups in total. The summed E-state index contributed by atoms with van der Waals surface area (Å²) in [5.74, 6) is -3.33. The summed E-state index contributed by atoms with van der Waals surface area (Å²) in [7, 11) is 0. The molecule has 0 saturated heterocycles. The highest BCUT2D eigenvalue weighted by Gasteiger charge is 2.56. The molecule has 0 aliphatic heterocycles. The maximum atomic E-state index is 13.6. The Morgan fingerprint density at radius 1 is 0.742 bits per heavy atom. The zero-order chi connectivity index (χ0) is 21.9. The number of hydrogen-bond acceptors (Lipinski definition) is 3. The fourth-order valence-corrected chi connectivity index (χ4v) is 8.86. The van der Waals surface area contributed by atoms with Crippen LogP contribution in [-0.4, -0.2) is 17.0 Å². The first-order valence-electron chi connectivity index (χ1n) is 9.65. The van der Waals surface area contributed by atoms with Crippen LogP contribution < -0.4 is 4.74 Å². The van der Waals surface area contributed by atoms with Crippen molar-refractivity contribution in [1.82, 2.24) is 0 Å². The monoisotopic (exact) mass is 748 g/mol. The minimum absolute atomic E-state index is 0.342. The molecule has 0 saturated carbocycles. The van der Waals surface area contributed by atoms with Crippen LogP contribution in [0.4, 0.5) is 0 Å². The van der Waals surface area contributed by atoms with E-state index in [2.05, 4.69) is 67.8 Å². The predicted molar refractivity (Wildman–Crippen MR) is 141 cm³/mol. The van der Waals surface area contributed by atoms with E-state index in [1.165, 1.54) is 0 Å². The second-order valence-corrected chi connectivity index (χ2v) is 11.3. The summed E-state index contributed by atoms with van der Waals surface area (Å²) in [6.07, 6.45) is 0. The summed E-state index contributed by atoms with van der Waals surface area (Å²) < 4.78 is 8.62. The third-order valence-corrected chi connectivity index (χ3v) is 8.39. The van der Waals surface area contributed by atoms with E-state index in [1.54, 1.807) is 0 Å². The molecular formula is C24H15I3O4. The molecule has 3 aromatic carbocycles. The maximum Gasteiger partial charge on any atom is 0.316 e. The molecule has 3 aromatic rings. The number of esters is 1. The summed E-state index contributed by atoms with van der Waals surface area (Å²) in [6, 6.07) is 19.7. The van der Waals surface area contributed by atoms with Crippen LogP contribution in [0.5, 0.6) is 5.75 Å². The lowest BCUT2D eigenvalue weighted by Crippen LogP contribution is -2.48. The molecule has 0 spiro atoms. The number of carboxylic acid groups (broad SMARTS) is 1. The lowest BCUT2D eigenvalue weighted by Gasteiger charge is -2.47. The van der Waals surface area contributed by atoms with E-state index in [4.69, 9.17) is 4.74 Å². The van der Waals surface area contributed by atoms with Gasteiger partial charge in [0.05, 0.1) is 19.0 Å². The number of hydrogen-bond donors (Lipinski definition) is 1. The summed E-state index contributed by atoms with van der Waals surface area (Å²) in [6.45, 7) is 0. The Bertz CT molecular complexity index is 1170. The Balaban J connectivity index is 1.65.